The molecule has 0 aliphatic carbocycles. The summed E-state index contributed by atoms with van der Waals surface area (Å²) in [4.78, 5) is 16.6. The van der Waals surface area contributed by atoms with Crippen molar-refractivity contribution < 1.29 is 9.18 Å². The van der Waals surface area contributed by atoms with Crippen LogP contribution in [0.25, 0.3) is 5.70 Å². The first-order chi connectivity index (χ1) is 11.2. The SMILES string of the molecule is O=C1C=C(c2ccccn2)NC2C(c3ccc(F)cc3)CNN12. The molecule has 1 fully saturated rings. The van der Waals surface area contributed by atoms with Crippen molar-refractivity contribution in [2.24, 2.45) is 0 Å². The van der Waals surface area contributed by atoms with Gasteiger partial charge in [-0.05, 0) is 29.8 Å². The van der Waals surface area contributed by atoms with Crippen LogP contribution in [0.5, 0.6) is 0 Å². The van der Waals surface area contributed by atoms with Crippen molar-refractivity contribution in [2.75, 3.05) is 6.54 Å². The maximum Gasteiger partial charge on any atom is 0.264 e. The Kier molecular flexibility index (Phi) is 3.31. The molecule has 1 aromatic heterocycles. The highest BCUT2D eigenvalue weighted by Crippen LogP contribution is 2.30. The fourth-order valence-electron chi connectivity index (χ4n) is 3.04. The molecule has 2 aromatic rings. The van der Waals surface area contributed by atoms with E-state index in [1.165, 1.54) is 12.1 Å². The van der Waals surface area contributed by atoms with Crippen LogP contribution in [0.1, 0.15) is 17.2 Å². The van der Waals surface area contributed by atoms with Gasteiger partial charge in [-0.3, -0.25) is 14.8 Å². The number of halogens is 1. The highest BCUT2D eigenvalue weighted by Gasteiger charge is 2.40. The largest absolute Gasteiger partial charge is 0.362 e. The quantitative estimate of drug-likeness (QED) is 0.885. The predicted octanol–water partition coefficient (Wildman–Crippen LogP) is 1.62. The molecule has 0 spiro atoms. The summed E-state index contributed by atoms with van der Waals surface area (Å²) < 4.78 is 13.1. The first-order valence-electron chi connectivity index (χ1n) is 7.44. The highest BCUT2D eigenvalue weighted by atomic mass is 19.1. The lowest BCUT2D eigenvalue weighted by Crippen LogP contribution is -2.52. The standard InChI is InChI=1S/C17H15FN4O/c18-12-6-4-11(5-7-12)13-10-20-22-16(23)9-15(21-17(13)22)14-3-1-2-8-19-14/h1-9,13,17,20-21H,10H2. The Morgan fingerprint density at radius 2 is 2.00 bits per heavy atom. The third-order valence-electron chi connectivity index (χ3n) is 4.19. The average molecular weight is 310 g/mol. The van der Waals surface area contributed by atoms with Crippen LogP contribution in [0.3, 0.4) is 0 Å². The van der Waals surface area contributed by atoms with E-state index in [-0.39, 0.29) is 23.8 Å². The number of benzene rings is 1. The van der Waals surface area contributed by atoms with Crippen molar-refractivity contribution in [1.82, 2.24) is 20.7 Å². The van der Waals surface area contributed by atoms with E-state index in [9.17, 15) is 9.18 Å². The number of nitrogens with zero attached hydrogens (tertiary/aromatic N) is 2. The lowest BCUT2D eigenvalue weighted by Gasteiger charge is -2.32. The van der Waals surface area contributed by atoms with Gasteiger partial charge in [0.15, 0.2) is 0 Å². The fraction of sp³-hybridized carbons (Fsp3) is 0.176. The second-order valence-electron chi connectivity index (χ2n) is 5.59. The molecule has 0 bridgehead atoms. The van der Waals surface area contributed by atoms with Gasteiger partial charge in [0.1, 0.15) is 12.0 Å². The van der Waals surface area contributed by atoms with Gasteiger partial charge < -0.3 is 5.32 Å². The molecule has 2 atom stereocenters. The van der Waals surface area contributed by atoms with Crippen LogP contribution in [0, 0.1) is 5.82 Å². The summed E-state index contributed by atoms with van der Waals surface area (Å²) in [5.41, 5.74) is 5.52. The van der Waals surface area contributed by atoms with Gasteiger partial charge >= 0.3 is 0 Å². The van der Waals surface area contributed by atoms with Gasteiger partial charge in [0.05, 0.1) is 11.4 Å². The molecule has 116 valence electrons. The second kappa shape index (κ2) is 5.48. The first-order valence-corrected chi connectivity index (χ1v) is 7.44. The third kappa shape index (κ3) is 2.47. The molecule has 0 radical (unpaired) electrons. The molecular formula is C17H15FN4O. The van der Waals surface area contributed by atoms with Crippen molar-refractivity contribution in [2.45, 2.75) is 12.1 Å². The zero-order chi connectivity index (χ0) is 15.8. The topological polar surface area (TPSA) is 57.3 Å². The molecule has 3 heterocycles. The van der Waals surface area contributed by atoms with Crippen molar-refractivity contribution in [3.63, 3.8) is 0 Å². The average Bonchev–Trinajstić information content (AvgIpc) is 3.01. The number of pyridine rings is 1. The number of rotatable bonds is 2. The van der Waals surface area contributed by atoms with E-state index in [0.29, 0.717) is 12.2 Å². The number of hydrazine groups is 1. The number of amides is 1. The van der Waals surface area contributed by atoms with Crippen LogP contribution in [0.2, 0.25) is 0 Å². The molecule has 2 aliphatic rings. The van der Waals surface area contributed by atoms with Crippen LogP contribution in [0.4, 0.5) is 4.39 Å². The summed E-state index contributed by atoms with van der Waals surface area (Å²) >= 11 is 0. The molecule has 23 heavy (non-hydrogen) atoms. The predicted molar refractivity (Wildman–Crippen MR) is 83.1 cm³/mol. The van der Waals surface area contributed by atoms with Crippen molar-refractivity contribution >= 4 is 11.6 Å². The molecular weight excluding hydrogens is 295 g/mol. The maximum atomic E-state index is 13.1. The van der Waals surface area contributed by atoms with Crippen LogP contribution in [0.15, 0.2) is 54.7 Å². The number of nitrogens with one attached hydrogen (secondary N) is 2. The van der Waals surface area contributed by atoms with Gasteiger partial charge in [0.2, 0.25) is 0 Å². The number of carbonyl (C=O) groups is 1. The number of fused-ring (bicyclic) bond motifs is 1. The van der Waals surface area contributed by atoms with Gasteiger partial charge in [-0.25, -0.2) is 9.82 Å². The van der Waals surface area contributed by atoms with E-state index in [1.807, 2.05) is 18.2 Å². The summed E-state index contributed by atoms with van der Waals surface area (Å²) in [6, 6.07) is 12.0. The molecule has 1 amide bonds. The summed E-state index contributed by atoms with van der Waals surface area (Å²) in [6.45, 7) is 0.610. The Hall–Kier alpha value is -2.73. The third-order valence-corrected chi connectivity index (χ3v) is 4.19. The number of hydrogen-bond donors (Lipinski definition) is 2. The monoisotopic (exact) mass is 310 g/mol. The van der Waals surface area contributed by atoms with Gasteiger partial charge in [0.25, 0.3) is 5.91 Å². The first kappa shape index (κ1) is 13.9. The molecule has 6 heteroatoms. The minimum atomic E-state index is -0.265. The fourth-order valence-corrected chi connectivity index (χ4v) is 3.04. The number of hydrogen-bond acceptors (Lipinski definition) is 4. The lowest BCUT2D eigenvalue weighted by molar-refractivity contribution is -0.130. The molecule has 2 aliphatic heterocycles. The minimum Gasteiger partial charge on any atom is -0.362 e. The zero-order valence-corrected chi connectivity index (χ0v) is 12.2. The van der Waals surface area contributed by atoms with E-state index >= 15 is 0 Å². The molecule has 0 saturated carbocycles. The Labute approximate surface area is 132 Å². The Balaban J connectivity index is 1.65. The van der Waals surface area contributed by atoms with Crippen molar-refractivity contribution in [3.8, 4) is 0 Å². The maximum absolute atomic E-state index is 13.1. The smallest absolute Gasteiger partial charge is 0.264 e. The lowest BCUT2D eigenvalue weighted by atomic mass is 9.96. The van der Waals surface area contributed by atoms with Gasteiger partial charge in [0, 0.05) is 24.7 Å². The minimum absolute atomic E-state index is 0.0342. The molecule has 1 saturated heterocycles. The highest BCUT2D eigenvalue weighted by molar-refractivity contribution is 5.96. The molecule has 1 aromatic carbocycles. The molecule has 2 N–H and O–H groups in total. The van der Waals surface area contributed by atoms with E-state index in [2.05, 4.69) is 15.7 Å². The van der Waals surface area contributed by atoms with Crippen molar-refractivity contribution in [1.29, 1.82) is 0 Å². The van der Waals surface area contributed by atoms with Crippen LogP contribution < -0.4 is 10.7 Å². The number of aromatic nitrogens is 1. The van der Waals surface area contributed by atoms with Crippen molar-refractivity contribution in [3.05, 3.63) is 71.8 Å². The van der Waals surface area contributed by atoms with E-state index in [1.54, 1.807) is 29.4 Å². The normalized spacial score (nSPS) is 23.3. The Morgan fingerprint density at radius 3 is 2.74 bits per heavy atom. The summed E-state index contributed by atoms with van der Waals surface area (Å²) in [7, 11) is 0. The molecule has 2 unspecified atom stereocenters. The van der Waals surface area contributed by atoms with E-state index in [0.717, 1.165) is 11.3 Å². The van der Waals surface area contributed by atoms with Crippen LogP contribution >= 0.6 is 0 Å². The second-order valence-corrected chi connectivity index (χ2v) is 5.59. The summed E-state index contributed by atoms with van der Waals surface area (Å²) in [6.07, 6.45) is 3.01. The Bertz CT molecular complexity index is 760. The molecule has 4 rings (SSSR count). The van der Waals surface area contributed by atoms with E-state index < -0.39 is 0 Å². The van der Waals surface area contributed by atoms with Crippen LogP contribution in [-0.4, -0.2) is 28.6 Å². The van der Waals surface area contributed by atoms with Gasteiger partial charge in [-0.1, -0.05) is 18.2 Å². The number of carbonyl (C=O) groups excluding carboxylic acids is 1. The zero-order valence-electron chi connectivity index (χ0n) is 12.2. The Morgan fingerprint density at radius 1 is 1.17 bits per heavy atom. The van der Waals surface area contributed by atoms with Gasteiger partial charge in [-0.15, -0.1) is 0 Å². The molecule has 5 nitrogen and oxygen atoms in total. The van der Waals surface area contributed by atoms with Gasteiger partial charge in [-0.2, -0.15) is 0 Å². The summed E-state index contributed by atoms with van der Waals surface area (Å²) in [5, 5.41) is 4.96. The van der Waals surface area contributed by atoms with E-state index in [4.69, 9.17) is 0 Å². The van der Waals surface area contributed by atoms with Crippen LogP contribution in [-0.2, 0) is 4.79 Å². The summed E-state index contributed by atoms with van der Waals surface area (Å²) in [5.74, 6) is -0.343.